The van der Waals surface area contributed by atoms with Crippen molar-refractivity contribution in [2.45, 2.75) is 44.9 Å². The van der Waals surface area contributed by atoms with Crippen molar-refractivity contribution in [3.63, 3.8) is 0 Å². The molecule has 0 aromatic heterocycles. The summed E-state index contributed by atoms with van der Waals surface area (Å²) in [6, 6.07) is 4.89. The minimum absolute atomic E-state index is 0.0693. The molecule has 0 spiro atoms. The Labute approximate surface area is 95.6 Å². The first kappa shape index (κ1) is 11.6. The Kier molecular flexibility index (Phi) is 3.26. The Morgan fingerprint density at radius 2 is 2.19 bits per heavy atom. The van der Waals surface area contributed by atoms with Gasteiger partial charge in [0.1, 0.15) is 5.82 Å². The number of hydrogen-bond donors (Lipinski definition) is 1. The summed E-state index contributed by atoms with van der Waals surface area (Å²) >= 11 is 0. The van der Waals surface area contributed by atoms with Gasteiger partial charge in [-0.05, 0) is 43.9 Å². The lowest BCUT2D eigenvalue weighted by molar-refractivity contribution is 0.0401. The number of halogens is 1. The zero-order valence-electron chi connectivity index (χ0n) is 9.74. The predicted molar refractivity (Wildman–Crippen MR) is 61.6 cm³/mol. The van der Waals surface area contributed by atoms with E-state index in [1.165, 1.54) is 6.07 Å². The van der Waals surface area contributed by atoms with Gasteiger partial charge in [0, 0.05) is 0 Å². The van der Waals surface area contributed by atoms with E-state index in [0.29, 0.717) is 5.56 Å². The van der Waals surface area contributed by atoms with E-state index in [4.69, 9.17) is 10.5 Å². The average Bonchev–Trinajstić information content (AvgIpc) is 2.68. The maximum atomic E-state index is 13.1. The molecule has 1 aliphatic heterocycles. The van der Waals surface area contributed by atoms with Gasteiger partial charge in [-0.2, -0.15) is 0 Å². The zero-order chi connectivity index (χ0) is 11.7. The maximum Gasteiger partial charge on any atom is 0.126 e. The van der Waals surface area contributed by atoms with Gasteiger partial charge in [0.25, 0.3) is 0 Å². The van der Waals surface area contributed by atoms with Crippen LogP contribution in [0.25, 0.3) is 0 Å². The van der Waals surface area contributed by atoms with Crippen molar-refractivity contribution in [1.29, 1.82) is 0 Å². The minimum Gasteiger partial charge on any atom is -0.373 e. The van der Waals surface area contributed by atoms with E-state index in [1.807, 2.05) is 6.07 Å². The van der Waals surface area contributed by atoms with Gasteiger partial charge in [0.2, 0.25) is 0 Å². The molecule has 1 fully saturated rings. The molecule has 1 aromatic rings. The first-order valence-corrected chi connectivity index (χ1v) is 5.75. The molecule has 1 aromatic carbocycles. The SMILES string of the molecule is Cc1cc(C(N)C2CCC(C)O2)ccc1F. The Balaban J connectivity index is 2.14. The summed E-state index contributed by atoms with van der Waals surface area (Å²) in [5.74, 6) is -0.184. The smallest absolute Gasteiger partial charge is 0.126 e. The predicted octanol–water partition coefficient (Wildman–Crippen LogP) is 2.70. The van der Waals surface area contributed by atoms with Gasteiger partial charge in [-0.3, -0.25) is 0 Å². The third-order valence-corrected chi connectivity index (χ3v) is 3.23. The van der Waals surface area contributed by atoms with Crippen molar-refractivity contribution < 1.29 is 9.13 Å². The molecule has 2 nitrogen and oxygen atoms in total. The van der Waals surface area contributed by atoms with Crippen LogP contribution in [0.2, 0.25) is 0 Å². The molecular formula is C13H18FNO. The van der Waals surface area contributed by atoms with Crippen LogP contribution in [0.4, 0.5) is 4.39 Å². The van der Waals surface area contributed by atoms with Crippen molar-refractivity contribution in [2.75, 3.05) is 0 Å². The van der Waals surface area contributed by atoms with Gasteiger partial charge in [-0.1, -0.05) is 12.1 Å². The van der Waals surface area contributed by atoms with Crippen LogP contribution in [0, 0.1) is 12.7 Å². The highest BCUT2D eigenvalue weighted by molar-refractivity contribution is 5.27. The topological polar surface area (TPSA) is 35.2 Å². The Morgan fingerprint density at radius 3 is 2.75 bits per heavy atom. The van der Waals surface area contributed by atoms with Crippen molar-refractivity contribution in [3.8, 4) is 0 Å². The molecule has 0 radical (unpaired) electrons. The summed E-state index contributed by atoms with van der Waals surface area (Å²) in [7, 11) is 0. The van der Waals surface area contributed by atoms with Gasteiger partial charge in [-0.15, -0.1) is 0 Å². The van der Waals surface area contributed by atoms with Crippen molar-refractivity contribution >= 4 is 0 Å². The van der Waals surface area contributed by atoms with Crippen molar-refractivity contribution in [3.05, 3.63) is 35.1 Å². The monoisotopic (exact) mass is 223 g/mol. The normalized spacial score (nSPS) is 27.0. The molecule has 3 atom stereocenters. The van der Waals surface area contributed by atoms with Crippen molar-refractivity contribution in [1.82, 2.24) is 0 Å². The molecule has 88 valence electrons. The number of rotatable bonds is 2. The van der Waals surface area contributed by atoms with Gasteiger partial charge >= 0.3 is 0 Å². The van der Waals surface area contributed by atoms with Crippen LogP contribution in [0.1, 0.15) is 36.9 Å². The summed E-state index contributed by atoms with van der Waals surface area (Å²) in [6.45, 7) is 3.81. The molecule has 1 aliphatic rings. The summed E-state index contributed by atoms with van der Waals surface area (Å²) in [5, 5.41) is 0. The number of benzene rings is 1. The Morgan fingerprint density at radius 1 is 1.44 bits per heavy atom. The molecule has 16 heavy (non-hydrogen) atoms. The minimum atomic E-state index is -0.184. The molecule has 3 unspecified atom stereocenters. The highest BCUT2D eigenvalue weighted by Crippen LogP contribution is 2.29. The summed E-state index contributed by atoms with van der Waals surface area (Å²) in [6.07, 6.45) is 2.40. The summed E-state index contributed by atoms with van der Waals surface area (Å²) in [5.41, 5.74) is 7.73. The van der Waals surface area contributed by atoms with E-state index in [2.05, 4.69) is 6.92 Å². The number of ether oxygens (including phenoxy) is 1. The quantitative estimate of drug-likeness (QED) is 0.836. The molecule has 0 bridgehead atoms. The van der Waals surface area contributed by atoms with Gasteiger partial charge in [-0.25, -0.2) is 4.39 Å². The highest BCUT2D eigenvalue weighted by Gasteiger charge is 2.28. The Hall–Kier alpha value is -0.930. The summed E-state index contributed by atoms with van der Waals surface area (Å²) in [4.78, 5) is 0. The van der Waals surface area contributed by atoms with Crippen LogP contribution in [0.5, 0.6) is 0 Å². The van der Waals surface area contributed by atoms with Crippen LogP contribution in [0.15, 0.2) is 18.2 Å². The van der Waals surface area contributed by atoms with E-state index in [9.17, 15) is 4.39 Å². The molecule has 0 amide bonds. The average molecular weight is 223 g/mol. The largest absolute Gasteiger partial charge is 0.373 e. The lowest BCUT2D eigenvalue weighted by atomic mass is 9.98. The molecule has 0 saturated carbocycles. The molecule has 1 heterocycles. The first-order valence-electron chi connectivity index (χ1n) is 5.75. The number of hydrogen-bond acceptors (Lipinski definition) is 2. The molecule has 1 saturated heterocycles. The van der Waals surface area contributed by atoms with Crippen molar-refractivity contribution in [2.24, 2.45) is 5.73 Å². The third kappa shape index (κ3) is 2.25. The number of aryl methyl sites for hydroxylation is 1. The lowest BCUT2D eigenvalue weighted by Crippen LogP contribution is -2.26. The molecule has 0 aliphatic carbocycles. The molecule has 2 rings (SSSR count). The second-order valence-corrected chi connectivity index (χ2v) is 4.60. The van der Waals surface area contributed by atoms with Crippen LogP contribution >= 0.6 is 0 Å². The molecule has 3 heteroatoms. The van der Waals surface area contributed by atoms with E-state index < -0.39 is 0 Å². The van der Waals surface area contributed by atoms with E-state index >= 15 is 0 Å². The van der Waals surface area contributed by atoms with Crippen LogP contribution < -0.4 is 5.73 Å². The fourth-order valence-corrected chi connectivity index (χ4v) is 2.19. The first-order chi connectivity index (χ1) is 7.58. The fourth-order valence-electron chi connectivity index (χ4n) is 2.19. The fraction of sp³-hybridized carbons (Fsp3) is 0.538. The maximum absolute atomic E-state index is 13.1. The van der Waals surface area contributed by atoms with E-state index in [0.717, 1.165) is 18.4 Å². The second kappa shape index (κ2) is 4.52. The highest BCUT2D eigenvalue weighted by atomic mass is 19.1. The van der Waals surface area contributed by atoms with Crippen LogP contribution in [0.3, 0.4) is 0 Å². The van der Waals surface area contributed by atoms with E-state index in [-0.39, 0.29) is 24.1 Å². The van der Waals surface area contributed by atoms with Gasteiger partial charge in [0.15, 0.2) is 0 Å². The molecular weight excluding hydrogens is 205 g/mol. The lowest BCUT2D eigenvalue weighted by Gasteiger charge is -2.20. The number of nitrogens with two attached hydrogens (primary N) is 1. The van der Waals surface area contributed by atoms with Gasteiger partial charge < -0.3 is 10.5 Å². The van der Waals surface area contributed by atoms with Crippen LogP contribution in [-0.2, 0) is 4.74 Å². The standard InChI is InChI=1S/C13H18FNO/c1-8-7-10(4-5-11(8)14)13(15)12-6-3-9(2)16-12/h4-5,7,9,12-13H,3,6,15H2,1-2H3. The second-order valence-electron chi connectivity index (χ2n) is 4.60. The third-order valence-electron chi connectivity index (χ3n) is 3.23. The molecule has 2 N–H and O–H groups in total. The Bertz CT molecular complexity index is 380. The van der Waals surface area contributed by atoms with Crippen LogP contribution in [-0.4, -0.2) is 12.2 Å². The van der Waals surface area contributed by atoms with Gasteiger partial charge in [0.05, 0.1) is 18.2 Å². The summed E-state index contributed by atoms with van der Waals surface area (Å²) < 4.78 is 18.9. The van der Waals surface area contributed by atoms with E-state index in [1.54, 1.807) is 13.0 Å². The zero-order valence-corrected chi connectivity index (χ0v) is 9.74.